The molecule has 3 saturated carbocycles. The van der Waals surface area contributed by atoms with Crippen LogP contribution < -0.4 is 0 Å². The molecule has 0 radical (unpaired) electrons. The molecular weight excluding hydrogens is 124 g/mol. The molecular formula is C9H16O. The fraction of sp³-hybridized carbons (Fsp3) is 1.00. The quantitative estimate of drug-likeness (QED) is 0.589. The summed E-state index contributed by atoms with van der Waals surface area (Å²) in [7, 11) is 0. The van der Waals surface area contributed by atoms with Crippen molar-refractivity contribution in [2.75, 3.05) is 6.61 Å². The Morgan fingerprint density at radius 2 is 1.80 bits per heavy atom. The third-order valence-corrected chi connectivity index (χ3v) is 3.43. The van der Waals surface area contributed by atoms with Crippen LogP contribution in [0.4, 0.5) is 0 Å². The summed E-state index contributed by atoms with van der Waals surface area (Å²) in [6.07, 6.45) is 7.01. The van der Waals surface area contributed by atoms with E-state index in [-0.39, 0.29) is 0 Å². The molecule has 0 amide bonds. The van der Waals surface area contributed by atoms with Gasteiger partial charge in [0.2, 0.25) is 0 Å². The Morgan fingerprint density at radius 3 is 2.10 bits per heavy atom. The minimum Gasteiger partial charge on any atom is -0.396 e. The minimum absolute atomic E-state index is 0.446. The summed E-state index contributed by atoms with van der Waals surface area (Å²) < 4.78 is 0. The first-order chi connectivity index (χ1) is 4.90. The van der Waals surface area contributed by atoms with Crippen molar-refractivity contribution in [1.82, 2.24) is 0 Å². The van der Waals surface area contributed by atoms with Gasteiger partial charge in [-0.05, 0) is 37.0 Å². The summed E-state index contributed by atoms with van der Waals surface area (Å²) in [5, 5.41) is 9.01. The van der Waals surface area contributed by atoms with Crippen LogP contribution in [0.1, 0.15) is 32.1 Å². The topological polar surface area (TPSA) is 20.2 Å². The SMILES string of the molecule is OC[C@H]1CC2CCC1CC2. The van der Waals surface area contributed by atoms with E-state index in [4.69, 9.17) is 5.11 Å². The molecule has 0 aromatic carbocycles. The van der Waals surface area contributed by atoms with Crippen molar-refractivity contribution in [3.05, 3.63) is 0 Å². The van der Waals surface area contributed by atoms with Crippen molar-refractivity contribution in [3.8, 4) is 0 Å². The van der Waals surface area contributed by atoms with Gasteiger partial charge >= 0.3 is 0 Å². The highest BCUT2D eigenvalue weighted by molar-refractivity contribution is 4.85. The molecule has 10 heavy (non-hydrogen) atoms. The number of aliphatic hydroxyl groups excluding tert-OH is 1. The van der Waals surface area contributed by atoms with Gasteiger partial charge in [-0.2, -0.15) is 0 Å². The Labute approximate surface area is 62.4 Å². The highest BCUT2D eigenvalue weighted by Crippen LogP contribution is 2.44. The highest BCUT2D eigenvalue weighted by atomic mass is 16.3. The molecule has 1 atom stereocenters. The standard InChI is InChI=1S/C9H16O/c10-6-9-5-7-1-3-8(9)4-2-7/h7-10H,1-6H2/t7?,8?,9-/m1/s1. The number of hydrogen-bond acceptors (Lipinski definition) is 1. The molecule has 3 aliphatic carbocycles. The Hall–Kier alpha value is -0.0400. The van der Waals surface area contributed by atoms with E-state index in [0.29, 0.717) is 12.5 Å². The van der Waals surface area contributed by atoms with Gasteiger partial charge in [-0.25, -0.2) is 0 Å². The van der Waals surface area contributed by atoms with Gasteiger partial charge in [-0.3, -0.25) is 0 Å². The van der Waals surface area contributed by atoms with E-state index < -0.39 is 0 Å². The molecule has 0 heterocycles. The van der Waals surface area contributed by atoms with Crippen LogP contribution in [-0.2, 0) is 0 Å². The van der Waals surface area contributed by atoms with Gasteiger partial charge in [0.1, 0.15) is 0 Å². The fourth-order valence-corrected chi connectivity index (χ4v) is 2.74. The zero-order valence-electron chi connectivity index (χ0n) is 6.42. The lowest BCUT2D eigenvalue weighted by molar-refractivity contribution is 0.0537. The van der Waals surface area contributed by atoms with E-state index >= 15 is 0 Å². The van der Waals surface area contributed by atoms with Crippen molar-refractivity contribution in [1.29, 1.82) is 0 Å². The van der Waals surface area contributed by atoms with Crippen molar-refractivity contribution < 1.29 is 5.11 Å². The predicted octanol–water partition coefficient (Wildman–Crippen LogP) is 1.80. The summed E-state index contributed by atoms with van der Waals surface area (Å²) in [6, 6.07) is 0. The summed E-state index contributed by atoms with van der Waals surface area (Å²) in [4.78, 5) is 0. The van der Waals surface area contributed by atoms with Gasteiger partial charge in [-0.1, -0.05) is 12.8 Å². The molecule has 0 spiro atoms. The molecule has 0 aliphatic heterocycles. The Morgan fingerprint density at radius 1 is 1.10 bits per heavy atom. The maximum atomic E-state index is 9.01. The molecule has 3 rings (SSSR count). The molecule has 0 unspecified atom stereocenters. The summed E-state index contributed by atoms with van der Waals surface area (Å²) >= 11 is 0. The van der Waals surface area contributed by atoms with Gasteiger partial charge in [0.25, 0.3) is 0 Å². The van der Waals surface area contributed by atoms with Gasteiger partial charge < -0.3 is 5.11 Å². The maximum absolute atomic E-state index is 9.01. The molecule has 0 aromatic heterocycles. The van der Waals surface area contributed by atoms with E-state index in [2.05, 4.69) is 0 Å². The summed E-state index contributed by atoms with van der Waals surface area (Å²) in [5.74, 6) is 2.53. The molecule has 1 nitrogen and oxygen atoms in total. The molecule has 1 heteroatoms. The zero-order valence-corrected chi connectivity index (χ0v) is 6.42. The number of aliphatic hydroxyl groups is 1. The molecule has 0 aromatic rings. The van der Waals surface area contributed by atoms with Gasteiger partial charge in [0.05, 0.1) is 0 Å². The summed E-state index contributed by atoms with van der Waals surface area (Å²) in [5.41, 5.74) is 0. The van der Waals surface area contributed by atoms with Crippen molar-refractivity contribution in [2.24, 2.45) is 17.8 Å². The van der Waals surface area contributed by atoms with Crippen LogP contribution in [0.2, 0.25) is 0 Å². The van der Waals surface area contributed by atoms with Crippen LogP contribution in [0.5, 0.6) is 0 Å². The van der Waals surface area contributed by atoms with E-state index in [1.165, 1.54) is 32.1 Å². The van der Waals surface area contributed by atoms with Crippen LogP contribution in [-0.4, -0.2) is 11.7 Å². The first kappa shape index (κ1) is 6.66. The third kappa shape index (κ3) is 0.968. The van der Waals surface area contributed by atoms with E-state index in [0.717, 1.165) is 11.8 Å². The first-order valence-corrected chi connectivity index (χ1v) is 4.51. The number of rotatable bonds is 1. The lowest BCUT2D eigenvalue weighted by Gasteiger charge is -2.41. The molecule has 58 valence electrons. The Bertz CT molecular complexity index is 114. The van der Waals surface area contributed by atoms with Gasteiger partial charge in [-0.15, -0.1) is 0 Å². The predicted molar refractivity (Wildman–Crippen MR) is 40.6 cm³/mol. The van der Waals surface area contributed by atoms with Gasteiger partial charge in [0, 0.05) is 6.61 Å². The highest BCUT2D eigenvalue weighted by Gasteiger charge is 2.34. The van der Waals surface area contributed by atoms with Crippen LogP contribution >= 0.6 is 0 Å². The van der Waals surface area contributed by atoms with E-state index in [1.807, 2.05) is 0 Å². The normalized spacial score (nSPS) is 45.9. The molecule has 1 N–H and O–H groups in total. The molecule has 3 fully saturated rings. The van der Waals surface area contributed by atoms with E-state index in [9.17, 15) is 0 Å². The molecule has 0 saturated heterocycles. The van der Waals surface area contributed by atoms with Crippen molar-refractivity contribution in [3.63, 3.8) is 0 Å². The first-order valence-electron chi connectivity index (χ1n) is 4.51. The second-order valence-electron chi connectivity index (χ2n) is 3.96. The van der Waals surface area contributed by atoms with Crippen LogP contribution in [0.25, 0.3) is 0 Å². The second kappa shape index (κ2) is 2.54. The second-order valence-corrected chi connectivity index (χ2v) is 3.96. The van der Waals surface area contributed by atoms with Gasteiger partial charge in [0.15, 0.2) is 0 Å². The minimum atomic E-state index is 0.446. The average molecular weight is 140 g/mol. The third-order valence-electron chi connectivity index (χ3n) is 3.43. The molecule has 3 aliphatic rings. The smallest absolute Gasteiger partial charge is 0.0462 e. The van der Waals surface area contributed by atoms with Crippen LogP contribution in [0.15, 0.2) is 0 Å². The Balaban J connectivity index is 2.01. The maximum Gasteiger partial charge on any atom is 0.0462 e. The van der Waals surface area contributed by atoms with E-state index in [1.54, 1.807) is 0 Å². The van der Waals surface area contributed by atoms with Crippen molar-refractivity contribution >= 4 is 0 Å². The fourth-order valence-electron chi connectivity index (χ4n) is 2.74. The lowest BCUT2D eigenvalue weighted by atomic mass is 9.65. The van der Waals surface area contributed by atoms with Crippen LogP contribution in [0.3, 0.4) is 0 Å². The molecule has 2 bridgehead atoms. The number of fused-ring (bicyclic) bond motifs is 3. The zero-order chi connectivity index (χ0) is 6.97. The average Bonchev–Trinajstić information content (AvgIpc) is 2.06. The lowest BCUT2D eigenvalue weighted by Crippen LogP contribution is -2.32. The van der Waals surface area contributed by atoms with Crippen LogP contribution in [0, 0.1) is 17.8 Å². The Kier molecular flexibility index (Phi) is 1.69. The largest absolute Gasteiger partial charge is 0.396 e. The monoisotopic (exact) mass is 140 g/mol. The van der Waals surface area contributed by atoms with Crippen molar-refractivity contribution in [2.45, 2.75) is 32.1 Å². The summed E-state index contributed by atoms with van der Waals surface area (Å²) in [6.45, 7) is 0.446. The number of hydrogen-bond donors (Lipinski definition) is 1.